The zero-order chi connectivity index (χ0) is 14.5. The van der Waals surface area contributed by atoms with Gasteiger partial charge < -0.3 is 4.74 Å². The Morgan fingerprint density at radius 3 is 2.55 bits per heavy atom. The van der Waals surface area contributed by atoms with Gasteiger partial charge in [0.15, 0.2) is 11.6 Å². The van der Waals surface area contributed by atoms with Crippen LogP contribution in [0.4, 0.5) is 8.78 Å². The molecule has 0 saturated carbocycles. The van der Waals surface area contributed by atoms with Gasteiger partial charge in [0.1, 0.15) is 5.75 Å². The average molecular weight is 297 g/mol. The van der Waals surface area contributed by atoms with E-state index in [9.17, 15) is 8.78 Å². The molecule has 0 radical (unpaired) electrons. The molecular formula is C16H15ClF2O. The summed E-state index contributed by atoms with van der Waals surface area (Å²) in [4.78, 5) is 0. The van der Waals surface area contributed by atoms with Gasteiger partial charge in [-0.15, -0.1) is 11.6 Å². The van der Waals surface area contributed by atoms with Gasteiger partial charge in [-0.2, -0.15) is 0 Å². The molecule has 0 spiro atoms. The maximum Gasteiger partial charge on any atom is 0.159 e. The Morgan fingerprint density at radius 1 is 1.10 bits per heavy atom. The average Bonchev–Trinajstić information content (AvgIpc) is 2.44. The fraction of sp³-hybridized carbons (Fsp3) is 0.250. The Morgan fingerprint density at radius 2 is 1.85 bits per heavy atom. The zero-order valence-electron chi connectivity index (χ0n) is 11.1. The van der Waals surface area contributed by atoms with E-state index in [-0.39, 0.29) is 5.38 Å². The lowest BCUT2D eigenvalue weighted by Gasteiger charge is -2.15. The Labute approximate surface area is 122 Å². The normalized spacial score (nSPS) is 12.2. The van der Waals surface area contributed by atoms with E-state index in [0.29, 0.717) is 18.6 Å². The van der Waals surface area contributed by atoms with Crippen molar-refractivity contribution in [3.05, 3.63) is 65.2 Å². The quantitative estimate of drug-likeness (QED) is 0.714. The topological polar surface area (TPSA) is 9.23 Å². The van der Waals surface area contributed by atoms with Gasteiger partial charge in [0, 0.05) is 5.56 Å². The standard InChI is InChI=1S/C16H15ClF2O/c1-2-20-16-6-4-3-5-12(16)13(17)9-11-7-8-14(18)15(19)10-11/h3-8,10,13H,2,9H2,1H3. The van der Waals surface area contributed by atoms with Crippen LogP contribution in [0, 0.1) is 11.6 Å². The maximum absolute atomic E-state index is 13.2. The molecule has 0 saturated heterocycles. The summed E-state index contributed by atoms with van der Waals surface area (Å²) >= 11 is 6.38. The number of benzene rings is 2. The van der Waals surface area contributed by atoms with Crippen molar-refractivity contribution in [3.63, 3.8) is 0 Å². The summed E-state index contributed by atoms with van der Waals surface area (Å²) in [5, 5.41) is -0.359. The van der Waals surface area contributed by atoms with Crippen molar-refractivity contribution in [2.75, 3.05) is 6.61 Å². The van der Waals surface area contributed by atoms with Gasteiger partial charge in [-0.05, 0) is 37.1 Å². The molecule has 4 heteroatoms. The monoisotopic (exact) mass is 296 g/mol. The summed E-state index contributed by atoms with van der Waals surface area (Å²) in [6.45, 7) is 2.45. The van der Waals surface area contributed by atoms with E-state index >= 15 is 0 Å². The van der Waals surface area contributed by atoms with Crippen molar-refractivity contribution >= 4 is 11.6 Å². The van der Waals surface area contributed by atoms with E-state index in [0.717, 1.165) is 17.4 Å². The van der Waals surface area contributed by atoms with Gasteiger partial charge in [0.25, 0.3) is 0 Å². The number of alkyl halides is 1. The first-order chi connectivity index (χ1) is 9.61. The minimum atomic E-state index is -0.857. The second kappa shape index (κ2) is 6.71. The molecule has 0 aromatic heterocycles. The first kappa shape index (κ1) is 14.8. The SMILES string of the molecule is CCOc1ccccc1C(Cl)Cc1ccc(F)c(F)c1. The number of para-hydroxylation sites is 1. The van der Waals surface area contributed by atoms with E-state index in [1.807, 2.05) is 31.2 Å². The predicted molar refractivity (Wildman–Crippen MR) is 76.3 cm³/mol. The van der Waals surface area contributed by atoms with Gasteiger partial charge in [-0.1, -0.05) is 24.3 Å². The molecule has 0 aliphatic rings. The van der Waals surface area contributed by atoms with Crippen LogP contribution >= 0.6 is 11.6 Å². The first-order valence-electron chi connectivity index (χ1n) is 6.41. The van der Waals surface area contributed by atoms with Gasteiger partial charge in [-0.3, -0.25) is 0 Å². The molecule has 0 fully saturated rings. The number of ether oxygens (including phenoxy) is 1. The minimum absolute atomic E-state index is 0.359. The number of hydrogen-bond acceptors (Lipinski definition) is 1. The summed E-state index contributed by atoms with van der Waals surface area (Å²) in [5.41, 5.74) is 1.50. The van der Waals surface area contributed by atoms with Gasteiger partial charge in [0.05, 0.1) is 12.0 Å². The third kappa shape index (κ3) is 3.48. The van der Waals surface area contributed by atoms with Crippen LogP contribution in [0.15, 0.2) is 42.5 Å². The maximum atomic E-state index is 13.2. The first-order valence-corrected chi connectivity index (χ1v) is 6.85. The van der Waals surface area contributed by atoms with Crippen LogP contribution in [0.2, 0.25) is 0 Å². The summed E-state index contributed by atoms with van der Waals surface area (Å²) < 4.78 is 31.6. The summed E-state index contributed by atoms with van der Waals surface area (Å²) in [7, 11) is 0. The van der Waals surface area contributed by atoms with E-state index in [1.165, 1.54) is 12.1 Å². The van der Waals surface area contributed by atoms with Crippen LogP contribution in [0.25, 0.3) is 0 Å². The highest BCUT2D eigenvalue weighted by atomic mass is 35.5. The van der Waals surface area contributed by atoms with Crippen molar-refractivity contribution < 1.29 is 13.5 Å². The summed E-state index contributed by atoms with van der Waals surface area (Å²) in [6.07, 6.45) is 0.406. The molecule has 2 aromatic carbocycles. The largest absolute Gasteiger partial charge is 0.494 e. The van der Waals surface area contributed by atoms with Crippen molar-refractivity contribution in [2.45, 2.75) is 18.7 Å². The molecule has 0 heterocycles. The molecule has 0 bridgehead atoms. The minimum Gasteiger partial charge on any atom is -0.494 e. The van der Waals surface area contributed by atoms with E-state index in [4.69, 9.17) is 16.3 Å². The smallest absolute Gasteiger partial charge is 0.159 e. The van der Waals surface area contributed by atoms with Gasteiger partial charge >= 0.3 is 0 Å². The lowest BCUT2D eigenvalue weighted by atomic mass is 10.0. The summed E-state index contributed by atoms with van der Waals surface area (Å²) in [6, 6.07) is 11.3. The Hall–Kier alpha value is -1.61. The van der Waals surface area contributed by atoms with Crippen molar-refractivity contribution in [1.82, 2.24) is 0 Å². The molecule has 2 rings (SSSR count). The third-order valence-electron chi connectivity index (χ3n) is 2.96. The van der Waals surface area contributed by atoms with E-state index in [1.54, 1.807) is 0 Å². The molecule has 0 N–H and O–H groups in total. The van der Waals surface area contributed by atoms with Crippen molar-refractivity contribution in [3.8, 4) is 5.75 Å². The zero-order valence-corrected chi connectivity index (χ0v) is 11.8. The van der Waals surface area contributed by atoms with Crippen LogP contribution < -0.4 is 4.74 Å². The summed E-state index contributed by atoms with van der Waals surface area (Å²) in [5.74, 6) is -0.989. The molecule has 2 aromatic rings. The Balaban J connectivity index is 2.19. The predicted octanol–water partition coefficient (Wildman–Crippen LogP) is 4.89. The molecule has 0 amide bonds. The van der Waals surface area contributed by atoms with Gasteiger partial charge in [0.2, 0.25) is 0 Å². The lowest BCUT2D eigenvalue weighted by Crippen LogP contribution is -2.02. The van der Waals surface area contributed by atoms with Crippen LogP contribution in [0.3, 0.4) is 0 Å². The Bertz CT molecular complexity index is 586. The third-order valence-corrected chi connectivity index (χ3v) is 3.34. The number of hydrogen-bond donors (Lipinski definition) is 0. The molecule has 0 aliphatic carbocycles. The highest BCUT2D eigenvalue weighted by Gasteiger charge is 2.15. The van der Waals surface area contributed by atoms with Gasteiger partial charge in [-0.25, -0.2) is 8.78 Å². The Kier molecular flexibility index (Phi) is 4.96. The molecule has 0 aliphatic heterocycles. The second-order valence-electron chi connectivity index (χ2n) is 4.39. The molecular weight excluding hydrogens is 282 g/mol. The molecule has 106 valence electrons. The molecule has 1 nitrogen and oxygen atoms in total. The fourth-order valence-corrected chi connectivity index (χ4v) is 2.37. The van der Waals surface area contributed by atoms with E-state index < -0.39 is 11.6 Å². The van der Waals surface area contributed by atoms with Crippen LogP contribution in [0.5, 0.6) is 5.75 Å². The highest BCUT2D eigenvalue weighted by Crippen LogP contribution is 2.32. The molecule has 1 unspecified atom stereocenters. The molecule has 20 heavy (non-hydrogen) atoms. The molecule has 1 atom stereocenters. The highest BCUT2D eigenvalue weighted by molar-refractivity contribution is 6.21. The van der Waals surface area contributed by atoms with Crippen LogP contribution in [-0.4, -0.2) is 6.61 Å². The second-order valence-corrected chi connectivity index (χ2v) is 4.92. The van der Waals surface area contributed by atoms with Crippen LogP contribution in [0.1, 0.15) is 23.4 Å². The van der Waals surface area contributed by atoms with Crippen molar-refractivity contribution in [1.29, 1.82) is 0 Å². The van der Waals surface area contributed by atoms with Crippen molar-refractivity contribution in [2.24, 2.45) is 0 Å². The lowest BCUT2D eigenvalue weighted by molar-refractivity contribution is 0.336. The number of rotatable bonds is 5. The number of halogens is 3. The van der Waals surface area contributed by atoms with Crippen LogP contribution in [-0.2, 0) is 6.42 Å². The fourth-order valence-electron chi connectivity index (χ4n) is 2.01. The van der Waals surface area contributed by atoms with E-state index in [2.05, 4.69) is 0 Å².